The van der Waals surface area contributed by atoms with E-state index >= 15 is 0 Å². The van der Waals surface area contributed by atoms with E-state index in [4.69, 9.17) is 4.74 Å². The minimum Gasteiger partial charge on any atom is -0.477 e. The van der Waals surface area contributed by atoms with Crippen LogP contribution in [0.1, 0.15) is 27.7 Å². The SMILES string of the molecule is CC1=C(C(=O)O)N2C(=O)/C(=N/NC(=O)OC(C)(C)C)[C@@H]2SC1. The van der Waals surface area contributed by atoms with Gasteiger partial charge >= 0.3 is 12.1 Å². The first-order chi connectivity index (χ1) is 10.1. The highest BCUT2D eigenvalue weighted by atomic mass is 32.2. The smallest absolute Gasteiger partial charge is 0.428 e. The van der Waals surface area contributed by atoms with E-state index in [1.165, 1.54) is 16.7 Å². The van der Waals surface area contributed by atoms with Gasteiger partial charge in [-0.25, -0.2) is 15.0 Å². The van der Waals surface area contributed by atoms with Gasteiger partial charge in [-0.1, -0.05) is 0 Å². The lowest BCUT2D eigenvalue weighted by molar-refractivity contribution is -0.139. The van der Waals surface area contributed by atoms with Crippen molar-refractivity contribution in [1.29, 1.82) is 0 Å². The second-order valence-corrected chi connectivity index (χ2v) is 6.95. The lowest BCUT2D eigenvalue weighted by Crippen LogP contribution is -2.62. The lowest BCUT2D eigenvalue weighted by Gasteiger charge is -2.43. The summed E-state index contributed by atoms with van der Waals surface area (Å²) in [5.41, 5.74) is 2.22. The van der Waals surface area contributed by atoms with Crippen molar-refractivity contribution < 1.29 is 24.2 Å². The van der Waals surface area contributed by atoms with Gasteiger partial charge in [0.15, 0.2) is 5.71 Å². The predicted octanol–water partition coefficient (Wildman–Crippen LogP) is 1.14. The second kappa shape index (κ2) is 5.64. The first-order valence-electron chi connectivity index (χ1n) is 6.56. The Hall–Kier alpha value is -2.03. The molecule has 2 aliphatic rings. The number of hydrogen-bond donors (Lipinski definition) is 2. The fraction of sp³-hybridized carbons (Fsp3) is 0.538. The van der Waals surface area contributed by atoms with Crippen molar-refractivity contribution in [2.45, 2.75) is 38.7 Å². The molecule has 2 aliphatic heterocycles. The molecule has 0 aromatic carbocycles. The number of aliphatic carboxylic acids is 1. The van der Waals surface area contributed by atoms with Crippen LogP contribution in [0.5, 0.6) is 0 Å². The Bertz CT molecular complexity index is 605. The fourth-order valence-corrected chi connectivity index (χ4v) is 3.24. The average molecular weight is 327 g/mol. The zero-order valence-corrected chi connectivity index (χ0v) is 13.5. The minimum atomic E-state index is -1.14. The highest BCUT2D eigenvalue weighted by molar-refractivity contribution is 8.01. The van der Waals surface area contributed by atoms with E-state index in [9.17, 15) is 19.5 Å². The Kier molecular flexibility index (Phi) is 4.19. The van der Waals surface area contributed by atoms with Crippen LogP contribution in [-0.2, 0) is 14.3 Å². The van der Waals surface area contributed by atoms with Crippen LogP contribution in [0.25, 0.3) is 0 Å². The zero-order valence-electron chi connectivity index (χ0n) is 12.7. The zero-order chi connectivity index (χ0) is 16.7. The molecular weight excluding hydrogens is 310 g/mol. The molecule has 2 rings (SSSR count). The van der Waals surface area contributed by atoms with Crippen molar-refractivity contribution in [2.75, 3.05) is 5.75 Å². The summed E-state index contributed by atoms with van der Waals surface area (Å²) in [5.74, 6) is -1.18. The Morgan fingerprint density at radius 2 is 2.09 bits per heavy atom. The van der Waals surface area contributed by atoms with Crippen molar-refractivity contribution in [3.05, 3.63) is 11.3 Å². The number of fused-ring (bicyclic) bond motifs is 1. The number of nitrogens with zero attached hydrogens (tertiary/aromatic N) is 2. The van der Waals surface area contributed by atoms with E-state index in [-0.39, 0.29) is 11.4 Å². The van der Waals surface area contributed by atoms with Crippen LogP contribution in [0.3, 0.4) is 0 Å². The number of carboxylic acid groups (broad SMARTS) is 1. The van der Waals surface area contributed by atoms with Crippen molar-refractivity contribution in [3.63, 3.8) is 0 Å². The molecule has 120 valence electrons. The van der Waals surface area contributed by atoms with Gasteiger partial charge in [-0.05, 0) is 33.3 Å². The summed E-state index contributed by atoms with van der Waals surface area (Å²) in [7, 11) is 0. The van der Waals surface area contributed by atoms with Gasteiger partial charge in [0, 0.05) is 5.75 Å². The third-order valence-electron chi connectivity index (χ3n) is 2.88. The molecule has 0 bridgehead atoms. The topological polar surface area (TPSA) is 108 Å². The molecule has 9 heteroatoms. The molecule has 0 aromatic heterocycles. The lowest BCUT2D eigenvalue weighted by atomic mass is 10.1. The molecule has 0 unspecified atom stereocenters. The molecule has 1 saturated heterocycles. The van der Waals surface area contributed by atoms with E-state index in [0.29, 0.717) is 11.3 Å². The molecule has 1 fully saturated rings. The maximum Gasteiger partial charge on any atom is 0.428 e. The Morgan fingerprint density at radius 3 is 2.64 bits per heavy atom. The molecule has 0 spiro atoms. The number of rotatable bonds is 2. The number of amides is 2. The monoisotopic (exact) mass is 327 g/mol. The molecule has 22 heavy (non-hydrogen) atoms. The number of thioether (sulfide) groups is 1. The Morgan fingerprint density at radius 1 is 1.45 bits per heavy atom. The molecule has 1 atom stereocenters. The highest BCUT2D eigenvalue weighted by Crippen LogP contribution is 2.38. The number of carboxylic acids is 1. The number of ether oxygens (including phenoxy) is 1. The minimum absolute atomic E-state index is 0.00929. The van der Waals surface area contributed by atoms with Gasteiger partial charge in [0.2, 0.25) is 0 Å². The number of nitrogens with one attached hydrogen (secondary N) is 1. The fourth-order valence-electron chi connectivity index (χ4n) is 2.04. The maximum atomic E-state index is 12.0. The van der Waals surface area contributed by atoms with E-state index in [1.807, 2.05) is 0 Å². The van der Waals surface area contributed by atoms with Crippen LogP contribution in [0, 0.1) is 0 Å². The van der Waals surface area contributed by atoms with Gasteiger partial charge in [-0.2, -0.15) is 5.10 Å². The predicted molar refractivity (Wildman–Crippen MR) is 80.2 cm³/mol. The van der Waals surface area contributed by atoms with Gasteiger partial charge in [0.05, 0.1) is 0 Å². The second-order valence-electron chi connectivity index (χ2n) is 5.88. The summed E-state index contributed by atoms with van der Waals surface area (Å²) < 4.78 is 5.01. The summed E-state index contributed by atoms with van der Waals surface area (Å²) in [6, 6.07) is 0. The van der Waals surface area contributed by atoms with Crippen molar-refractivity contribution in [3.8, 4) is 0 Å². The average Bonchev–Trinajstić information content (AvgIpc) is 2.36. The van der Waals surface area contributed by atoms with Crippen LogP contribution in [0.4, 0.5) is 4.79 Å². The first-order valence-corrected chi connectivity index (χ1v) is 7.61. The van der Waals surface area contributed by atoms with Crippen LogP contribution in [-0.4, -0.2) is 50.4 Å². The number of carbonyl (C=O) groups excluding carboxylic acids is 2. The number of hydrazone groups is 1. The summed E-state index contributed by atoms with van der Waals surface area (Å²) >= 11 is 1.38. The Balaban J connectivity index is 2.09. The molecule has 2 heterocycles. The molecule has 0 saturated carbocycles. The molecule has 2 amide bonds. The number of β-lactam (4-membered cyclic amide) rings is 1. The molecule has 0 aromatic rings. The van der Waals surface area contributed by atoms with Gasteiger partial charge in [-0.15, -0.1) is 11.8 Å². The van der Waals surface area contributed by atoms with Crippen LogP contribution in [0.15, 0.2) is 16.4 Å². The summed E-state index contributed by atoms with van der Waals surface area (Å²) in [6.07, 6.45) is -0.766. The third-order valence-corrected chi connectivity index (χ3v) is 4.23. The largest absolute Gasteiger partial charge is 0.477 e. The van der Waals surface area contributed by atoms with Gasteiger partial charge in [0.1, 0.15) is 16.7 Å². The van der Waals surface area contributed by atoms with E-state index in [0.717, 1.165) is 0 Å². The van der Waals surface area contributed by atoms with Crippen LogP contribution >= 0.6 is 11.8 Å². The van der Waals surface area contributed by atoms with Crippen molar-refractivity contribution >= 4 is 35.4 Å². The summed E-state index contributed by atoms with van der Waals surface area (Å²) in [4.78, 5) is 36.0. The van der Waals surface area contributed by atoms with Gasteiger partial charge in [0.25, 0.3) is 5.91 Å². The summed E-state index contributed by atoms with van der Waals surface area (Å²) in [5, 5.41) is 12.5. The van der Waals surface area contributed by atoms with Crippen LogP contribution < -0.4 is 5.43 Å². The Labute approximate surface area is 131 Å². The maximum absolute atomic E-state index is 12.0. The van der Waals surface area contributed by atoms with E-state index in [2.05, 4.69) is 10.5 Å². The van der Waals surface area contributed by atoms with E-state index < -0.39 is 28.9 Å². The summed E-state index contributed by atoms with van der Waals surface area (Å²) in [6.45, 7) is 6.80. The number of hydrogen-bond acceptors (Lipinski definition) is 6. The molecule has 0 aliphatic carbocycles. The third kappa shape index (κ3) is 3.08. The molecule has 2 N–H and O–H groups in total. The van der Waals surface area contributed by atoms with Crippen LogP contribution in [0.2, 0.25) is 0 Å². The quantitative estimate of drug-likeness (QED) is 0.581. The standard InChI is InChI=1S/C13H17N3O5S/c1-6-5-22-10-7(9(17)16(10)8(6)11(18)19)14-15-12(20)21-13(2,3)4/h10H,5H2,1-4H3,(H,15,20)(H,18,19)/b14-7-/t10-/m0/s1. The van der Waals surface area contributed by atoms with Gasteiger partial charge in [-0.3, -0.25) is 9.69 Å². The molecule has 8 nitrogen and oxygen atoms in total. The highest BCUT2D eigenvalue weighted by Gasteiger charge is 2.51. The van der Waals surface area contributed by atoms with Crippen molar-refractivity contribution in [1.82, 2.24) is 10.3 Å². The normalized spacial score (nSPS) is 23.1. The molecule has 0 radical (unpaired) electrons. The van der Waals surface area contributed by atoms with E-state index in [1.54, 1.807) is 27.7 Å². The first kappa shape index (κ1) is 16.3. The number of carbonyl (C=O) groups is 3. The van der Waals surface area contributed by atoms with Gasteiger partial charge < -0.3 is 9.84 Å². The molecular formula is C13H17N3O5S. The van der Waals surface area contributed by atoms with Crippen molar-refractivity contribution in [2.24, 2.45) is 5.10 Å².